The third-order valence-electron chi connectivity index (χ3n) is 2.83. The number of nitrogens with one attached hydrogen (secondary N) is 2. The third kappa shape index (κ3) is 1.63. The molecule has 4 heteroatoms. The van der Waals surface area contributed by atoms with Crippen molar-refractivity contribution in [2.45, 2.75) is 13.0 Å². The van der Waals surface area contributed by atoms with Crippen molar-refractivity contribution in [2.24, 2.45) is 0 Å². The van der Waals surface area contributed by atoms with E-state index in [1.54, 1.807) is 0 Å². The molecule has 1 aromatic heterocycles. The van der Waals surface area contributed by atoms with Crippen molar-refractivity contribution >= 4 is 34.9 Å². The summed E-state index contributed by atoms with van der Waals surface area (Å²) in [6.45, 7) is 2.01. The average molecular weight is 243 g/mol. The predicted molar refractivity (Wildman–Crippen MR) is 66.0 cm³/mol. The van der Waals surface area contributed by atoms with Gasteiger partial charge in [0.25, 0.3) is 0 Å². The summed E-state index contributed by atoms with van der Waals surface area (Å²) in [7, 11) is 0. The molecule has 2 heterocycles. The third-order valence-corrected chi connectivity index (χ3v) is 3.15. The Labute approximate surface area is 99.4 Å². The quantitative estimate of drug-likeness (QED) is 0.731. The molecule has 2 N–H and O–H groups in total. The van der Waals surface area contributed by atoms with E-state index in [1.165, 1.54) is 16.6 Å². The summed E-state index contributed by atoms with van der Waals surface area (Å²) in [6.07, 6.45) is 1.07. The van der Waals surface area contributed by atoms with Crippen LogP contribution in [-0.4, -0.2) is 11.5 Å². The van der Waals surface area contributed by atoms with Crippen LogP contribution in [0.15, 0.2) is 18.2 Å². The van der Waals surface area contributed by atoms with E-state index in [-0.39, 0.29) is 12.4 Å². The van der Waals surface area contributed by atoms with Gasteiger partial charge in [0.2, 0.25) is 0 Å². The number of aromatic nitrogens is 1. The number of benzene rings is 1. The van der Waals surface area contributed by atoms with Gasteiger partial charge in [-0.05, 0) is 11.6 Å². The van der Waals surface area contributed by atoms with Crippen LogP contribution in [0.4, 0.5) is 0 Å². The van der Waals surface area contributed by atoms with Crippen molar-refractivity contribution in [2.75, 3.05) is 6.54 Å². The summed E-state index contributed by atoms with van der Waals surface area (Å²) in [5, 5.41) is 5.46. The van der Waals surface area contributed by atoms with E-state index in [0.29, 0.717) is 0 Å². The first-order valence-corrected chi connectivity index (χ1v) is 5.23. The van der Waals surface area contributed by atoms with Gasteiger partial charge >= 0.3 is 0 Å². The Morgan fingerprint density at radius 2 is 2.13 bits per heavy atom. The zero-order valence-electron chi connectivity index (χ0n) is 8.14. The van der Waals surface area contributed by atoms with Gasteiger partial charge in [-0.15, -0.1) is 12.4 Å². The first-order chi connectivity index (χ1) is 6.86. The maximum Gasteiger partial charge on any atom is 0.0648 e. The van der Waals surface area contributed by atoms with Gasteiger partial charge in [0.05, 0.1) is 10.5 Å². The number of rotatable bonds is 0. The maximum absolute atomic E-state index is 6.13. The van der Waals surface area contributed by atoms with Gasteiger partial charge in [-0.1, -0.05) is 23.7 Å². The molecule has 0 unspecified atom stereocenters. The second-order valence-electron chi connectivity index (χ2n) is 3.67. The smallest absolute Gasteiger partial charge is 0.0648 e. The largest absolute Gasteiger partial charge is 0.357 e. The van der Waals surface area contributed by atoms with Gasteiger partial charge in [-0.25, -0.2) is 0 Å². The SMILES string of the molecule is Cl.Clc1cccc2c3c([nH]c12)CCNC3. The van der Waals surface area contributed by atoms with E-state index in [0.717, 1.165) is 30.0 Å². The summed E-state index contributed by atoms with van der Waals surface area (Å²) in [5.41, 5.74) is 3.81. The molecule has 0 spiro atoms. The van der Waals surface area contributed by atoms with Crippen molar-refractivity contribution < 1.29 is 0 Å². The first kappa shape index (κ1) is 10.8. The van der Waals surface area contributed by atoms with E-state index >= 15 is 0 Å². The van der Waals surface area contributed by atoms with E-state index in [2.05, 4.69) is 16.4 Å². The number of hydrogen-bond donors (Lipinski definition) is 2. The fraction of sp³-hybridized carbons (Fsp3) is 0.273. The fourth-order valence-corrected chi connectivity index (χ4v) is 2.36. The van der Waals surface area contributed by atoms with Crippen LogP contribution in [0.25, 0.3) is 10.9 Å². The van der Waals surface area contributed by atoms with Crippen molar-refractivity contribution in [1.29, 1.82) is 0 Å². The van der Waals surface area contributed by atoms with Gasteiger partial charge in [0.15, 0.2) is 0 Å². The van der Waals surface area contributed by atoms with Crippen LogP contribution >= 0.6 is 24.0 Å². The molecule has 3 rings (SSSR count). The molecule has 0 saturated heterocycles. The highest BCUT2D eigenvalue weighted by atomic mass is 35.5. The number of hydrogen-bond acceptors (Lipinski definition) is 1. The van der Waals surface area contributed by atoms with Gasteiger partial charge in [-0.3, -0.25) is 0 Å². The molecule has 0 atom stereocenters. The fourth-order valence-electron chi connectivity index (χ4n) is 2.13. The van der Waals surface area contributed by atoms with Crippen molar-refractivity contribution in [3.63, 3.8) is 0 Å². The zero-order valence-corrected chi connectivity index (χ0v) is 9.71. The highest BCUT2D eigenvalue weighted by Gasteiger charge is 2.15. The van der Waals surface area contributed by atoms with E-state index in [9.17, 15) is 0 Å². The number of para-hydroxylation sites is 1. The lowest BCUT2D eigenvalue weighted by Gasteiger charge is -2.12. The number of H-pyrrole nitrogens is 1. The van der Waals surface area contributed by atoms with Crippen LogP contribution in [0.3, 0.4) is 0 Å². The molecule has 80 valence electrons. The minimum atomic E-state index is 0. The second kappa shape index (κ2) is 4.05. The van der Waals surface area contributed by atoms with Gasteiger partial charge in [0, 0.05) is 30.6 Å². The molecule has 0 bridgehead atoms. The molecule has 0 radical (unpaired) electrons. The molecular formula is C11H12Cl2N2. The molecule has 1 aliphatic rings. The van der Waals surface area contributed by atoms with Crippen molar-refractivity contribution in [1.82, 2.24) is 10.3 Å². The molecule has 0 amide bonds. The van der Waals surface area contributed by atoms with Crippen LogP contribution in [0.5, 0.6) is 0 Å². The normalized spacial score (nSPS) is 14.7. The summed E-state index contributed by atoms with van der Waals surface area (Å²) in [6, 6.07) is 6.07. The standard InChI is InChI=1S/C11H11ClN2.ClH/c12-9-3-1-2-7-8-6-13-5-4-10(8)14-11(7)9;/h1-3,13-14H,4-6H2;1H. The predicted octanol–water partition coefficient (Wildman–Crippen LogP) is 2.89. The van der Waals surface area contributed by atoms with Crippen LogP contribution in [0.2, 0.25) is 5.02 Å². The highest BCUT2D eigenvalue weighted by Crippen LogP contribution is 2.29. The van der Waals surface area contributed by atoms with Crippen LogP contribution < -0.4 is 5.32 Å². The molecule has 2 nitrogen and oxygen atoms in total. The highest BCUT2D eigenvalue weighted by molar-refractivity contribution is 6.35. The topological polar surface area (TPSA) is 27.8 Å². The lowest BCUT2D eigenvalue weighted by atomic mass is 10.1. The number of halogens is 2. The first-order valence-electron chi connectivity index (χ1n) is 4.85. The molecular weight excluding hydrogens is 231 g/mol. The second-order valence-corrected chi connectivity index (χ2v) is 4.08. The van der Waals surface area contributed by atoms with Crippen molar-refractivity contribution in [3.8, 4) is 0 Å². The molecule has 15 heavy (non-hydrogen) atoms. The lowest BCUT2D eigenvalue weighted by molar-refractivity contribution is 0.641. The Bertz CT molecular complexity index is 491. The van der Waals surface area contributed by atoms with Crippen LogP contribution in [-0.2, 0) is 13.0 Å². The molecule has 1 aromatic carbocycles. The minimum absolute atomic E-state index is 0. The Morgan fingerprint density at radius 3 is 3.00 bits per heavy atom. The van der Waals surface area contributed by atoms with E-state index < -0.39 is 0 Å². The molecule has 0 saturated carbocycles. The Balaban J connectivity index is 0.000000853. The molecule has 1 aliphatic heterocycles. The molecule has 0 fully saturated rings. The van der Waals surface area contributed by atoms with Gasteiger partial charge in [0.1, 0.15) is 0 Å². The van der Waals surface area contributed by atoms with Gasteiger partial charge in [-0.2, -0.15) is 0 Å². The van der Waals surface area contributed by atoms with Gasteiger partial charge < -0.3 is 10.3 Å². The maximum atomic E-state index is 6.13. The van der Waals surface area contributed by atoms with Crippen molar-refractivity contribution in [3.05, 3.63) is 34.5 Å². The Kier molecular flexibility index (Phi) is 2.91. The zero-order chi connectivity index (χ0) is 9.54. The Morgan fingerprint density at radius 1 is 1.27 bits per heavy atom. The summed E-state index contributed by atoms with van der Waals surface area (Å²) in [4.78, 5) is 3.41. The Hall–Kier alpha value is -0.700. The van der Waals surface area contributed by atoms with Crippen LogP contribution in [0.1, 0.15) is 11.3 Å². The number of fused-ring (bicyclic) bond motifs is 3. The van der Waals surface area contributed by atoms with E-state index in [1.807, 2.05) is 12.1 Å². The summed E-state index contributed by atoms with van der Waals surface area (Å²) in [5.74, 6) is 0. The summed E-state index contributed by atoms with van der Waals surface area (Å²) >= 11 is 6.13. The van der Waals surface area contributed by atoms with E-state index in [4.69, 9.17) is 11.6 Å². The minimum Gasteiger partial charge on any atom is -0.357 e. The molecule has 0 aliphatic carbocycles. The number of aromatic amines is 1. The lowest BCUT2D eigenvalue weighted by Crippen LogP contribution is -2.22. The van der Waals surface area contributed by atoms with Crippen LogP contribution in [0, 0.1) is 0 Å². The summed E-state index contributed by atoms with van der Waals surface area (Å²) < 4.78 is 0. The monoisotopic (exact) mass is 242 g/mol. The average Bonchev–Trinajstić information content (AvgIpc) is 2.59. The molecule has 2 aromatic rings.